The van der Waals surface area contributed by atoms with E-state index in [0.717, 1.165) is 28.0 Å². The van der Waals surface area contributed by atoms with Gasteiger partial charge in [-0.3, -0.25) is 9.69 Å². The van der Waals surface area contributed by atoms with Gasteiger partial charge in [-0.1, -0.05) is 48.0 Å². The lowest BCUT2D eigenvalue weighted by molar-refractivity contribution is 0.0536. The number of carbonyl (C=O) groups excluding carboxylic acids is 2. The van der Waals surface area contributed by atoms with Crippen LogP contribution in [-0.4, -0.2) is 23.0 Å². The van der Waals surface area contributed by atoms with E-state index in [1.807, 2.05) is 95.3 Å². The van der Waals surface area contributed by atoms with Crippen LogP contribution in [0.3, 0.4) is 0 Å². The summed E-state index contributed by atoms with van der Waals surface area (Å²) in [6, 6.07) is 19.1. The van der Waals surface area contributed by atoms with Gasteiger partial charge in [0.2, 0.25) is 0 Å². The third kappa shape index (κ3) is 4.08. The van der Waals surface area contributed by atoms with Crippen molar-refractivity contribution in [1.29, 1.82) is 0 Å². The fourth-order valence-electron chi connectivity index (χ4n) is 4.98. The number of carbonyl (C=O) groups is 2. The Morgan fingerprint density at radius 2 is 1.71 bits per heavy atom. The van der Waals surface area contributed by atoms with E-state index in [1.165, 1.54) is 0 Å². The van der Waals surface area contributed by atoms with E-state index in [-0.39, 0.29) is 12.2 Å². The van der Waals surface area contributed by atoms with Crippen molar-refractivity contribution in [2.45, 2.75) is 58.3 Å². The summed E-state index contributed by atoms with van der Waals surface area (Å²) >= 11 is 6.16. The van der Waals surface area contributed by atoms with Gasteiger partial charge in [-0.15, -0.1) is 0 Å². The number of ketones is 1. The van der Waals surface area contributed by atoms with E-state index in [1.54, 1.807) is 4.90 Å². The highest BCUT2D eigenvalue weighted by Gasteiger charge is 2.46. The van der Waals surface area contributed by atoms with Crippen LogP contribution in [0.5, 0.6) is 5.75 Å². The molecule has 180 valence electrons. The molecule has 3 aromatic carbocycles. The van der Waals surface area contributed by atoms with Gasteiger partial charge >= 0.3 is 6.09 Å². The molecule has 0 N–H and O–H groups in total. The molecule has 1 atom stereocenters. The molecule has 0 spiro atoms. The summed E-state index contributed by atoms with van der Waals surface area (Å²) < 4.78 is 12.3. The maximum Gasteiger partial charge on any atom is 0.415 e. The number of amides is 1. The number of Topliss-reactive ketones (excluding diaryl/α,β-unsaturated/α-hetero) is 1. The first-order valence-electron chi connectivity index (χ1n) is 11.7. The zero-order valence-corrected chi connectivity index (χ0v) is 21.3. The zero-order valence-electron chi connectivity index (χ0n) is 20.5. The number of nitrogens with zero attached hydrogens (tertiary/aromatic N) is 1. The van der Waals surface area contributed by atoms with E-state index in [2.05, 4.69) is 0 Å². The summed E-state index contributed by atoms with van der Waals surface area (Å²) in [7, 11) is 0. The maximum absolute atomic E-state index is 13.7. The first kappa shape index (κ1) is 23.4. The highest BCUT2D eigenvalue weighted by molar-refractivity contribution is 6.30. The molecule has 0 unspecified atom stereocenters. The van der Waals surface area contributed by atoms with Crippen LogP contribution in [0.25, 0.3) is 11.1 Å². The van der Waals surface area contributed by atoms with Crippen molar-refractivity contribution in [3.05, 3.63) is 82.4 Å². The van der Waals surface area contributed by atoms with Crippen LogP contribution in [-0.2, 0) is 4.74 Å². The lowest BCUT2D eigenvalue weighted by Gasteiger charge is -2.44. The summed E-state index contributed by atoms with van der Waals surface area (Å²) in [5.41, 5.74) is 3.10. The molecule has 35 heavy (non-hydrogen) atoms. The summed E-state index contributed by atoms with van der Waals surface area (Å²) in [4.78, 5) is 28.7. The maximum atomic E-state index is 13.7. The van der Waals surface area contributed by atoms with Gasteiger partial charge in [0.05, 0.1) is 11.2 Å². The Morgan fingerprint density at radius 3 is 2.40 bits per heavy atom. The third-order valence-electron chi connectivity index (χ3n) is 6.37. The number of anilines is 1. The van der Waals surface area contributed by atoms with Crippen molar-refractivity contribution < 1.29 is 19.1 Å². The Labute approximate surface area is 210 Å². The highest BCUT2D eigenvalue weighted by atomic mass is 35.5. The minimum atomic E-state index is -0.746. The van der Waals surface area contributed by atoms with E-state index in [4.69, 9.17) is 21.1 Å². The van der Waals surface area contributed by atoms with Gasteiger partial charge in [0.15, 0.2) is 11.9 Å². The summed E-state index contributed by atoms with van der Waals surface area (Å²) in [5, 5.41) is 0.620. The van der Waals surface area contributed by atoms with Crippen LogP contribution in [0, 0.1) is 0 Å². The third-order valence-corrected chi connectivity index (χ3v) is 6.63. The second kappa shape index (κ2) is 8.13. The number of hydrogen-bond donors (Lipinski definition) is 0. The highest BCUT2D eigenvalue weighted by Crippen LogP contribution is 2.51. The summed E-state index contributed by atoms with van der Waals surface area (Å²) in [6.45, 7) is 9.28. The molecule has 5 nitrogen and oxygen atoms in total. The van der Waals surface area contributed by atoms with Gasteiger partial charge in [0.25, 0.3) is 0 Å². The fraction of sp³-hybridized carbons (Fsp3) is 0.310. The Balaban J connectivity index is 1.76. The second-order valence-corrected chi connectivity index (χ2v) is 11.1. The van der Waals surface area contributed by atoms with Crippen molar-refractivity contribution >= 4 is 29.2 Å². The molecule has 5 rings (SSSR count). The predicted molar refractivity (Wildman–Crippen MR) is 138 cm³/mol. The van der Waals surface area contributed by atoms with Crippen LogP contribution in [0.4, 0.5) is 10.5 Å². The van der Waals surface area contributed by atoms with Crippen molar-refractivity contribution in [2.75, 3.05) is 4.90 Å². The molecule has 3 aromatic rings. The zero-order chi connectivity index (χ0) is 25.1. The Hall–Kier alpha value is -3.31. The van der Waals surface area contributed by atoms with Crippen LogP contribution in [0.15, 0.2) is 60.7 Å². The first-order valence-corrected chi connectivity index (χ1v) is 12.1. The molecule has 2 aliphatic rings. The average molecular weight is 490 g/mol. The van der Waals surface area contributed by atoms with E-state index < -0.39 is 23.3 Å². The van der Waals surface area contributed by atoms with Gasteiger partial charge in [-0.05, 0) is 70.0 Å². The minimum Gasteiger partial charge on any atom is -0.480 e. The van der Waals surface area contributed by atoms with E-state index in [9.17, 15) is 9.59 Å². The number of rotatable bonds is 1. The number of benzene rings is 3. The van der Waals surface area contributed by atoms with Crippen molar-refractivity contribution in [3.8, 4) is 16.9 Å². The van der Waals surface area contributed by atoms with Crippen LogP contribution in [0.1, 0.15) is 68.6 Å². The van der Waals surface area contributed by atoms with Crippen LogP contribution < -0.4 is 9.64 Å². The summed E-state index contributed by atoms with van der Waals surface area (Å²) in [6.07, 6.45) is -0.834. The SMILES string of the molecule is CC(C)(C)OC(=O)N1c2ccc3c(c2C(=O)CC1(C)C)[C@@H](c1ccc(Cl)cc1)Oc1ccccc1-3. The van der Waals surface area contributed by atoms with Crippen molar-refractivity contribution in [3.63, 3.8) is 0 Å². The smallest absolute Gasteiger partial charge is 0.415 e. The standard InChI is InChI=1S/C29H28ClNO4/c1-28(2,3)35-27(33)31-21-15-14-20-19-8-6-7-9-23(19)34-26(17-10-12-18(30)13-11-17)24(20)25(21)22(32)16-29(31,4)5/h6-15,26H,16H2,1-5H3/t26-/m1/s1. The monoisotopic (exact) mass is 489 g/mol. The minimum absolute atomic E-state index is 0.0244. The number of para-hydroxylation sites is 1. The molecule has 0 fully saturated rings. The molecule has 6 heteroatoms. The van der Waals surface area contributed by atoms with Crippen molar-refractivity contribution in [2.24, 2.45) is 0 Å². The lowest BCUT2D eigenvalue weighted by Crippen LogP contribution is -2.54. The predicted octanol–water partition coefficient (Wildman–Crippen LogP) is 7.60. The Bertz CT molecular complexity index is 1340. The average Bonchev–Trinajstić information content (AvgIpc) is 2.76. The Morgan fingerprint density at radius 1 is 1.03 bits per heavy atom. The van der Waals surface area contributed by atoms with E-state index in [0.29, 0.717) is 16.3 Å². The number of ether oxygens (including phenoxy) is 2. The topological polar surface area (TPSA) is 55.8 Å². The molecule has 2 heterocycles. The first-order chi connectivity index (χ1) is 16.5. The van der Waals surface area contributed by atoms with Crippen molar-refractivity contribution in [1.82, 2.24) is 0 Å². The molecule has 0 saturated carbocycles. The molecule has 0 aromatic heterocycles. The quantitative estimate of drug-likeness (QED) is 0.353. The molecular weight excluding hydrogens is 462 g/mol. The van der Waals surface area contributed by atoms with Crippen LogP contribution in [0.2, 0.25) is 5.02 Å². The lowest BCUT2D eigenvalue weighted by atomic mass is 9.78. The second-order valence-electron chi connectivity index (χ2n) is 10.7. The number of hydrogen-bond acceptors (Lipinski definition) is 4. The molecule has 0 saturated heterocycles. The summed E-state index contributed by atoms with van der Waals surface area (Å²) in [5.74, 6) is 0.719. The number of fused-ring (bicyclic) bond motifs is 5. The molecule has 1 amide bonds. The number of halogens is 1. The largest absolute Gasteiger partial charge is 0.480 e. The molecular formula is C29H28ClNO4. The normalized spacial score (nSPS) is 18.2. The van der Waals surface area contributed by atoms with Gasteiger partial charge in [0.1, 0.15) is 11.4 Å². The fourth-order valence-corrected chi connectivity index (χ4v) is 5.11. The molecule has 0 bridgehead atoms. The molecule has 0 aliphatic carbocycles. The van der Waals surface area contributed by atoms with E-state index >= 15 is 0 Å². The molecule has 2 aliphatic heterocycles. The van der Waals surface area contributed by atoms with Gasteiger partial charge in [-0.25, -0.2) is 4.79 Å². The van der Waals surface area contributed by atoms with Gasteiger partial charge in [-0.2, -0.15) is 0 Å². The molecule has 0 radical (unpaired) electrons. The van der Waals surface area contributed by atoms with Gasteiger partial charge in [0, 0.05) is 28.1 Å². The van der Waals surface area contributed by atoms with Crippen LogP contribution >= 0.6 is 11.6 Å². The Kier molecular flexibility index (Phi) is 5.44. The van der Waals surface area contributed by atoms with Gasteiger partial charge < -0.3 is 9.47 Å².